The summed E-state index contributed by atoms with van der Waals surface area (Å²) in [5, 5.41) is 4.65. The monoisotopic (exact) mass is 355 g/mol. The van der Waals surface area contributed by atoms with Crippen molar-refractivity contribution in [1.29, 1.82) is 0 Å². The van der Waals surface area contributed by atoms with Crippen molar-refractivity contribution in [1.82, 2.24) is 9.78 Å². The van der Waals surface area contributed by atoms with Gasteiger partial charge in [0.2, 0.25) is 0 Å². The number of ether oxygens (including phenoxy) is 2. The van der Waals surface area contributed by atoms with Crippen LogP contribution in [-0.4, -0.2) is 22.4 Å². The third-order valence-corrected chi connectivity index (χ3v) is 4.16. The van der Waals surface area contributed by atoms with E-state index in [0.717, 1.165) is 11.4 Å². The van der Waals surface area contributed by atoms with E-state index in [4.69, 9.17) is 16.0 Å². The van der Waals surface area contributed by atoms with Crippen LogP contribution in [0.1, 0.15) is 46.0 Å². The number of hydrogen-bond donors (Lipinski definition) is 0. The Hall–Kier alpha value is -2.81. The molecule has 0 radical (unpaired) electrons. The quantitative estimate of drug-likeness (QED) is 0.536. The van der Waals surface area contributed by atoms with Crippen LogP contribution in [0.4, 0.5) is 5.69 Å². The van der Waals surface area contributed by atoms with Gasteiger partial charge in [0.05, 0.1) is 18.9 Å². The van der Waals surface area contributed by atoms with Crippen molar-refractivity contribution in [2.75, 3.05) is 6.61 Å². The SMILES string of the molecule is [C-]#[N+]c1ccc(Oc2c(CC)nn(C(C)(C)C(=O)OCC)c2CC)cc1. The number of aryl methyl sites for hydroxylation is 1. The predicted molar refractivity (Wildman–Crippen MR) is 99.7 cm³/mol. The van der Waals surface area contributed by atoms with E-state index in [9.17, 15) is 4.79 Å². The number of rotatable bonds is 7. The maximum atomic E-state index is 12.4. The van der Waals surface area contributed by atoms with Crippen molar-refractivity contribution < 1.29 is 14.3 Å². The van der Waals surface area contributed by atoms with Crippen molar-refractivity contribution in [3.8, 4) is 11.5 Å². The van der Waals surface area contributed by atoms with Gasteiger partial charge in [-0.25, -0.2) is 14.3 Å². The molecule has 1 aromatic heterocycles. The first-order chi connectivity index (χ1) is 12.4. The van der Waals surface area contributed by atoms with Crippen LogP contribution in [0.3, 0.4) is 0 Å². The Morgan fingerprint density at radius 1 is 1.19 bits per heavy atom. The van der Waals surface area contributed by atoms with Crippen LogP contribution in [0.25, 0.3) is 4.85 Å². The molecule has 26 heavy (non-hydrogen) atoms. The van der Waals surface area contributed by atoms with Crippen LogP contribution in [0, 0.1) is 6.57 Å². The molecule has 138 valence electrons. The van der Waals surface area contributed by atoms with Gasteiger partial charge in [0, 0.05) is 0 Å². The van der Waals surface area contributed by atoms with Gasteiger partial charge in [-0.1, -0.05) is 26.0 Å². The molecule has 0 amide bonds. The predicted octanol–water partition coefficient (Wildman–Crippen LogP) is 4.65. The maximum absolute atomic E-state index is 12.4. The Labute approximate surface area is 154 Å². The summed E-state index contributed by atoms with van der Waals surface area (Å²) in [5.74, 6) is 0.978. The Morgan fingerprint density at radius 3 is 2.35 bits per heavy atom. The molecular weight excluding hydrogens is 330 g/mol. The molecule has 0 atom stereocenters. The Kier molecular flexibility index (Phi) is 6.04. The lowest BCUT2D eigenvalue weighted by atomic mass is 10.1. The maximum Gasteiger partial charge on any atom is 0.333 e. The summed E-state index contributed by atoms with van der Waals surface area (Å²) < 4.78 is 13.0. The molecule has 0 spiro atoms. The van der Waals surface area contributed by atoms with Gasteiger partial charge < -0.3 is 9.47 Å². The van der Waals surface area contributed by atoms with Crippen molar-refractivity contribution >= 4 is 11.7 Å². The summed E-state index contributed by atoms with van der Waals surface area (Å²) in [7, 11) is 0. The highest BCUT2D eigenvalue weighted by molar-refractivity contribution is 5.78. The van der Waals surface area contributed by atoms with Crippen LogP contribution in [-0.2, 0) is 27.9 Å². The zero-order valence-electron chi connectivity index (χ0n) is 16.0. The van der Waals surface area contributed by atoms with Crippen LogP contribution in [0.2, 0.25) is 0 Å². The van der Waals surface area contributed by atoms with Crippen molar-refractivity contribution in [2.24, 2.45) is 0 Å². The number of nitrogens with zero attached hydrogens (tertiary/aromatic N) is 3. The second-order valence-corrected chi connectivity index (χ2v) is 6.33. The van der Waals surface area contributed by atoms with Gasteiger partial charge in [-0.15, -0.1) is 0 Å². The first kappa shape index (κ1) is 19.5. The molecule has 0 aliphatic heterocycles. The number of esters is 1. The fraction of sp³-hybridized carbons (Fsp3) is 0.450. The number of carbonyl (C=O) groups excluding carboxylic acids is 1. The third-order valence-electron chi connectivity index (χ3n) is 4.16. The molecule has 2 rings (SSSR count). The first-order valence-corrected chi connectivity index (χ1v) is 8.82. The van der Waals surface area contributed by atoms with E-state index >= 15 is 0 Å². The molecule has 2 aromatic rings. The Morgan fingerprint density at radius 2 is 1.85 bits per heavy atom. The van der Waals surface area contributed by atoms with Gasteiger partial charge >= 0.3 is 5.97 Å². The highest BCUT2D eigenvalue weighted by Gasteiger charge is 2.36. The zero-order chi connectivity index (χ0) is 19.3. The van der Waals surface area contributed by atoms with Crippen LogP contribution in [0.15, 0.2) is 24.3 Å². The van der Waals surface area contributed by atoms with Crippen molar-refractivity contribution in [3.63, 3.8) is 0 Å². The van der Waals surface area contributed by atoms with Gasteiger partial charge in [-0.2, -0.15) is 5.10 Å². The molecule has 0 saturated heterocycles. The average molecular weight is 355 g/mol. The molecule has 6 nitrogen and oxygen atoms in total. The molecule has 0 N–H and O–H groups in total. The van der Waals surface area contributed by atoms with E-state index in [0.29, 0.717) is 36.6 Å². The minimum Gasteiger partial charge on any atom is -0.464 e. The molecule has 6 heteroatoms. The highest BCUT2D eigenvalue weighted by atomic mass is 16.5. The highest BCUT2D eigenvalue weighted by Crippen LogP contribution is 2.34. The zero-order valence-corrected chi connectivity index (χ0v) is 16.0. The van der Waals surface area contributed by atoms with Gasteiger partial charge in [0.1, 0.15) is 11.4 Å². The Balaban J connectivity index is 2.47. The molecule has 1 heterocycles. The summed E-state index contributed by atoms with van der Waals surface area (Å²) >= 11 is 0. The largest absolute Gasteiger partial charge is 0.464 e. The average Bonchev–Trinajstić information content (AvgIpc) is 3.00. The minimum absolute atomic E-state index is 0.322. The number of hydrogen-bond acceptors (Lipinski definition) is 4. The second kappa shape index (κ2) is 8.05. The topological polar surface area (TPSA) is 57.7 Å². The van der Waals surface area contributed by atoms with Crippen LogP contribution in [0.5, 0.6) is 11.5 Å². The molecule has 0 unspecified atom stereocenters. The first-order valence-electron chi connectivity index (χ1n) is 8.82. The van der Waals surface area contributed by atoms with E-state index in [1.165, 1.54) is 0 Å². The summed E-state index contributed by atoms with van der Waals surface area (Å²) in [6.07, 6.45) is 1.33. The summed E-state index contributed by atoms with van der Waals surface area (Å²) in [5.41, 5.74) is 1.26. The standard InChI is InChI=1S/C20H25N3O3/c1-7-16-18(26-15-12-10-14(21-6)11-13-15)17(8-2)23(22-16)20(4,5)19(24)25-9-3/h10-13H,7-9H2,1-5H3. The van der Waals surface area contributed by atoms with Crippen molar-refractivity contribution in [3.05, 3.63) is 47.1 Å². The molecule has 0 fully saturated rings. The fourth-order valence-electron chi connectivity index (χ4n) is 2.71. The normalized spacial score (nSPS) is 11.1. The lowest BCUT2D eigenvalue weighted by Crippen LogP contribution is -2.39. The minimum atomic E-state index is -0.930. The van der Waals surface area contributed by atoms with E-state index in [2.05, 4.69) is 9.94 Å². The second-order valence-electron chi connectivity index (χ2n) is 6.33. The summed E-state index contributed by atoms with van der Waals surface area (Å²) in [4.78, 5) is 15.8. The smallest absolute Gasteiger partial charge is 0.333 e. The van der Waals surface area contributed by atoms with Crippen LogP contribution >= 0.6 is 0 Å². The molecule has 0 aliphatic rings. The van der Waals surface area contributed by atoms with Crippen molar-refractivity contribution in [2.45, 2.75) is 53.0 Å². The van der Waals surface area contributed by atoms with E-state index in [-0.39, 0.29) is 5.97 Å². The fourth-order valence-corrected chi connectivity index (χ4v) is 2.71. The number of aromatic nitrogens is 2. The number of benzene rings is 1. The van der Waals surface area contributed by atoms with Gasteiger partial charge in [0.25, 0.3) is 0 Å². The summed E-state index contributed by atoms with van der Waals surface area (Å²) in [6, 6.07) is 6.96. The van der Waals surface area contributed by atoms with Gasteiger partial charge in [-0.05, 0) is 45.7 Å². The van der Waals surface area contributed by atoms with E-state index in [1.807, 2.05) is 13.8 Å². The molecule has 0 saturated carbocycles. The molecule has 0 bridgehead atoms. The molecule has 1 aromatic carbocycles. The molecular formula is C20H25N3O3. The van der Waals surface area contributed by atoms with Crippen LogP contribution < -0.4 is 4.74 Å². The van der Waals surface area contributed by atoms with E-state index in [1.54, 1.807) is 49.7 Å². The molecule has 0 aliphatic carbocycles. The lowest BCUT2D eigenvalue weighted by Gasteiger charge is -2.25. The third kappa shape index (κ3) is 3.72. The summed E-state index contributed by atoms with van der Waals surface area (Å²) in [6.45, 7) is 16.7. The van der Waals surface area contributed by atoms with Gasteiger partial charge in [-0.3, -0.25) is 0 Å². The lowest BCUT2D eigenvalue weighted by molar-refractivity contribution is -0.152. The number of carbonyl (C=O) groups is 1. The van der Waals surface area contributed by atoms with Gasteiger partial charge in [0.15, 0.2) is 17.0 Å². The van der Waals surface area contributed by atoms with E-state index < -0.39 is 5.54 Å². The Bertz CT molecular complexity index is 814.